The molecule has 1 atom stereocenters. The molecule has 0 radical (unpaired) electrons. The molecule has 1 unspecified atom stereocenters. The Labute approximate surface area is 128 Å². The maximum atomic E-state index is 12.3. The third-order valence-electron chi connectivity index (χ3n) is 2.86. The second kappa shape index (κ2) is 8.27. The lowest BCUT2D eigenvalue weighted by atomic mass is 10.1. The van der Waals surface area contributed by atoms with Crippen molar-refractivity contribution in [1.82, 2.24) is 5.32 Å². The molecule has 0 heterocycles. The van der Waals surface area contributed by atoms with E-state index < -0.39 is 0 Å². The number of benzene rings is 1. The zero-order valence-corrected chi connectivity index (χ0v) is 13.7. The van der Waals surface area contributed by atoms with E-state index >= 15 is 0 Å². The van der Waals surface area contributed by atoms with Gasteiger partial charge in [0.1, 0.15) is 5.75 Å². The van der Waals surface area contributed by atoms with Crippen LogP contribution in [0.1, 0.15) is 44.0 Å². The quantitative estimate of drug-likeness (QED) is 0.799. The van der Waals surface area contributed by atoms with Crippen LogP contribution in [0.3, 0.4) is 0 Å². The number of amides is 1. The first-order valence-corrected chi connectivity index (χ1v) is 7.65. The van der Waals surface area contributed by atoms with E-state index in [0.717, 1.165) is 10.9 Å². The zero-order valence-electron chi connectivity index (χ0n) is 12.1. The maximum absolute atomic E-state index is 12.3. The van der Waals surface area contributed by atoms with Gasteiger partial charge in [0, 0.05) is 17.1 Å². The Kier molecular flexibility index (Phi) is 7.02. The standard InChI is InChI=1S/C15H22BrNO3/c1-4-12(7-8-18)17-15(19)13-6-5-11(16)9-14(13)20-10(2)3/h5-6,9-10,12,18H,4,7-8H2,1-3H3,(H,17,19). The van der Waals surface area contributed by atoms with Crippen LogP contribution in [0.25, 0.3) is 0 Å². The predicted octanol–water partition coefficient (Wildman–Crippen LogP) is 3.13. The van der Waals surface area contributed by atoms with Crippen LogP contribution in [0.4, 0.5) is 0 Å². The Bertz CT molecular complexity index is 449. The minimum atomic E-state index is -0.173. The van der Waals surface area contributed by atoms with Crippen LogP contribution in [0.15, 0.2) is 22.7 Å². The molecule has 0 spiro atoms. The van der Waals surface area contributed by atoms with Crippen LogP contribution in [-0.2, 0) is 0 Å². The topological polar surface area (TPSA) is 58.6 Å². The summed E-state index contributed by atoms with van der Waals surface area (Å²) in [7, 11) is 0. The van der Waals surface area contributed by atoms with Gasteiger partial charge in [-0.1, -0.05) is 22.9 Å². The van der Waals surface area contributed by atoms with Crippen LogP contribution in [-0.4, -0.2) is 29.8 Å². The molecule has 2 N–H and O–H groups in total. The molecule has 0 aromatic heterocycles. The smallest absolute Gasteiger partial charge is 0.255 e. The van der Waals surface area contributed by atoms with E-state index in [1.54, 1.807) is 12.1 Å². The van der Waals surface area contributed by atoms with Gasteiger partial charge in [0.2, 0.25) is 0 Å². The summed E-state index contributed by atoms with van der Waals surface area (Å²) in [5.41, 5.74) is 0.512. The second-order valence-electron chi connectivity index (χ2n) is 4.90. The Balaban J connectivity index is 2.91. The highest BCUT2D eigenvalue weighted by Gasteiger charge is 2.17. The fourth-order valence-electron chi connectivity index (χ4n) is 1.83. The van der Waals surface area contributed by atoms with Gasteiger partial charge in [0.15, 0.2) is 0 Å². The van der Waals surface area contributed by atoms with Gasteiger partial charge < -0.3 is 15.2 Å². The predicted molar refractivity (Wildman–Crippen MR) is 83.2 cm³/mol. The number of hydrogen-bond acceptors (Lipinski definition) is 3. The molecule has 0 bridgehead atoms. The third-order valence-corrected chi connectivity index (χ3v) is 3.35. The van der Waals surface area contributed by atoms with Gasteiger partial charge in [0.25, 0.3) is 5.91 Å². The highest BCUT2D eigenvalue weighted by Crippen LogP contribution is 2.25. The molecule has 0 aliphatic heterocycles. The van der Waals surface area contributed by atoms with E-state index in [1.165, 1.54) is 0 Å². The van der Waals surface area contributed by atoms with Crippen molar-refractivity contribution in [3.05, 3.63) is 28.2 Å². The highest BCUT2D eigenvalue weighted by molar-refractivity contribution is 9.10. The number of aliphatic hydroxyl groups is 1. The van der Waals surface area contributed by atoms with Gasteiger partial charge in [-0.15, -0.1) is 0 Å². The lowest BCUT2D eigenvalue weighted by Gasteiger charge is -2.18. The van der Waals surface area contributed by atoms with Gasteiger partial charge in [-0.3, -0.25) is 4.79 Å². The van der Waals surface area contributed by atoms with Crippen molar-refractivity contribution in [2.75, 3.05) is 6.61 Å². The number of aliphatic hydroxyl groups excluding tert-OH is 1. The number of ether oxygens (including phenoxy) is 1. The van der Waals surface area contributed by atoms with Gasteiger partial charge in [-0.05, 0) is 44.9 Å². The Morgan fingerprint density at radius 1 is 1.45 bits per heavy atom. The molecule has 4 nitrogen and oxygen atoms in total. The average Bonchev–Trinajstić information content (AvgIpc) is 2.37. The number of carbonyl (C=O) groups is 1. The Hall–Kier alpha value is -1.07. The van der Waals surface area contributed by atoms with Crippen LogP contribution in [0, 0.1) is 0 Å². The molecule has 0 aliphatic carbocycles. The molecule has 1 amide bonds. The molecule has 0 aliphatic rings. The summed E-state index contributed by atoms with van der Waals surface area (Å²) in [6.45, 7) is 5.88. The minimum Gasteiger partial charge on any atom is -0.490 e. The fourth-order valence-corrected chi connectivity index (χ4v) is 2.17. The number of hydrogen-bond donors (Lipinski definition) is 2. The summed E-state index contributed by atoms with van der Waals surface area (Å²) in [5, 5.41) is 11.9. The first-order valence-electron chi connectivity index (χ1n) is 6.85. The number of rotatable bonds is 7. The van der Waals surface area contributed by atoms with E-state index in [2.05, 4.69) is 21.2 Å². The molecule has 0 saturated heterocycles. The van der Waals surface area contributed by atoms with Gasteiger partial charge in [-0.2, -0.15) is 0 Å². The number of nitrogens with one attached hydrogen (secondary N) is 1. The monoisotopic (exact) mass is 343 g/mol. The molecule has 1 aromatic rings. The van der Waals surface area contributed by atoms with E-state index in [0.29, 0.717) is 17.7 Å². The Morgan fingerprint density at radius 2 is 2.15 bits per heavy atom. The van der Waals surface area contributed by atoms with Crippen molar-refractivity contribution in [3.8, 4) is 5.75 Å². The van der Waals surface area contributed by atoms with Crippen molar-refractivity contribution in [2.24, 2.45) is 0 Å². The largest absolute Gasteiger partial charge is 0.490 e. The molecule has 1 rings (SSSR count). The van der Waals surface area contributed by atoms with E-state index in [4.69, 9.17) is 9.84 Å². The summed E-state index contributed by atoms with van der Waals surface area (Å²) >= 11 is 3.38. The molecule has 20 heavy (non-hydrogen) atoms. The third kappa shape index (κ3) is 5.13. The highest BCUT2D eigenvalue weighted by atomic mass is 79.9. The summed E-state index contributed by atoms with van der Waals surface area (Å²) in [5.74, 6) is 0.388. The van der Waals surface area contributed by atoms with E-state index in [-0.39, 0.29) is 24.7 Å². The van der Waals surface area contributed by atoms with Crippen LogP contribution in [0.5, 0.6) is 5.75 Å². The minimum absolute atomic E-state index is 0.00439. The van der Waals surface area contributed by atoms with Gasteiger partial charge in [0.05, 0.1) is 11.7 Å². The summed E-state index contributed by atoms with van der Waals surface area (Å²) in [6.07, 6.45) is 1.33. The van der Waals surface area contributed by atoms with Crippen molar-refractivity contribution in [1.29, 1.82) is 0 Å². The zero-order chi connectivity index (χ0) is 15.1. The van der Waals surface area contributed by atoms with E-state index in [9.17, 15) is 4.79 Å². The van der Waals surface area contributed by atoms with Crippen LogP contribution >= 0.6 is 15.9 Å². The van der Waals surface area contributed by atoms with Crippen molar-refractivity contribution in [3.63, 3.8) is 0 Å². The lowest BCUT2D eigenvalue weighted by Crippen LogP contribution is -2.35. The maximum Gasteiger partial charge on any atom is 0.255 e. The van der Waals surface area contributed by atoms with Crippen LogP contribution < -0.4 is 10.1 Å². The molecule has 1 aromatic carbocycles. The van der Waals surface area contributed by atoms with E-state index in [1.807, 2.05) is 26.8 Å². The van der Waals surface area contributed by atoms with Crippen molar-refractivity contribution >= 4 is 21.8 Å². The molecule has 112 valence electrons. The average molecular weight is 344 g/mol. The van der Waals surface area contributed by atoms with Gasteiger partial charge >= 0.3 is 0 Å². The molecule has 0 fully saturated rings. The number of carbonyl (C=O) groups excluding carboxylic acids is 1. The first-order chi connectivity index (χ1) is 9.47. The molecule has 0 saturated carbocycles. The molecular weight excluding hydrogens is 322 g/mol. The summed E-state index contributed by atoms with van der Waals surface area (Å²) in [6, 6.07) is 5.32. The second-order valence-corrected chi connectivity index (χ2v) is 5.81. The molecule has 5 heteroatoms. The SMILES string of the molecule is CCC(CCO)NC(=O)c1ccc(Br)cc1OC(C)C. The summed E-state index contributed by atoms with van der Waals surface area (Å²) in [4.78, 5) is 12.3. The first kappa shape index (κ1) is 17.0. The fraction of sp³-hybridized carbons (Fsp3) is 0.533. The molecular formula is C15H22BrNO3. The van der Waals surface area contributed by atoms with Crippen molar-refractivity contribution < 1.29 is 14.6 Å². The summed E-state index contributed by atoms with van der Waals surface area (Å²) < 4.78 is 6.55. The number of halogens is 1. The van der Waals surface area contributed by atoms with Gasteiger partial charge in [-0.25, -0.2) is 0 Å². The Morgan fingerprint density at radius 3 is 2.70 bits per heavy atom. The lowest BCUT2D eigenvalue weighted by molar-refractivity contribution is 0.0923. The van der Waals surface area contributed by atoms with Crippen molar-refractivity contribution in [2.45, 2.75) is 45.8 Å². The normalized spacial score (nSPS) is 12.3. The van der Waals surface area contributed by atoms with Crippen LogP contribution in [0.2, 0.25) is 0 Å².